The summed E-state index contributed by atoms with van der Waals surface area (Å²) in [6.45, 7) is 13.8. The number of carbonyl (C=O) groups excluding carboxylic acids is 1. The van der Waals surface area contributed by atoms with E-state index in [0.29, 0.717) is 65.6 Å². The number of hydrogen-bond acceptors (Lipinski definition) is 7. The summed E-state index contributed by atoms with van der Waals surface area (Å²) in [5, 5.41) is 0.451. The number of hydrogen-bond donors (Lipinski definition) is 0. The van der Waals surface area contributed by atoms with Crippen LogP contribution in [-0.4, -0.2) is 61.8 Å². The Bertz CT molecular complexity index is 1110. The lowest BCUT2D eigenvalue weighted by molar-refractivity contribution is 0.0982. The molecule has 1 heterocycles. The smallest absolute Gasteiger partial charge is 0.260 e. The van der Waals surface area contributed by atoms with Gasteiger partial charge in [-0.3, -0.25) is 9.69 Å². The first kappa shape index (κ1) is 26.7. The molecule has 1 aromatic heterocycles. The van der Waals surface area contributed by atoms with E-state index >= 15 is 0 Å². The van der Waals surface area contributed by atoms with Gasteiger partial charge in [0.05, 0.1) is 24.5 Å². The van der Waals surface area contributed by atoms with Gasteiger partial charge in [0.25, 0.3) is 5.91 Å². The summed E-state index contributed by atoms with van der Waals surface area (Å²) in [4.78, 5) is 22.2. The first-order valence-corrected chi connectivity index (χ1v) is 12.9. The Morgan fingerprint density at radius 1 is 0.943 bits per heavy atom. The monoisotopic (exact) mass is 503 g/mol. The number of anilines is 1. The number of fused-ring (bicyclic) bond motifs is 1. The highest BCUT2D eigenvalue weighted by Gasteiger charge is 2.26. The summed E-state index contributed by atoms with van der Waals surface area (Å²) >= 11 is 1.30. The van der Waals surface area contributed by atoms with Crippen molar-refractivity contribution < 1.29 is 23.4 Å². The van der Waals surface area contributed by atoms with Gasteiger partial charge in [-0.1, -0.05) is 31.3 Å². The van der Waals surface area contributed by atoms with E-state index in [-0.39, 0.29) is 11.4 Å². The second kappa shape index (κ2) is 12.7. The lowest BCUT2D eigenvalue weighted by Crippen LogP contribution is -2.39. The van der Waals surface area contributed by atoms with E-state index in [0.717, 1.165) is 13.1 Å². The Hall–Kier alpha value is -2.91. The Morgan fingerprint density at radius 3 is 2.11 bits per heavy atom. The highest BCUT2D eigenvalue weighted by atomic mass is 32.1. The van der Waals surface area contributed by atoms with Gasteiger partial charge in [0.2, 0.25) is 5.75 Å². The zero-order chi connectivity index (χ0) is 25.4. The Balaban J connectivity index is 2.08. The fourth-order valence-electron chi connectivity index (χ4n) is 3.75. The summed E-state index contributed by atoms with van der Waals surface area (Å²) < 4.78 is 32.5. The maximum atomic E-state index is 14.4. The number of aromatic nitrogens is 1. The number of likely N-dealkylation sites (N-methyl/N-ethyl adjacent to an activating group) is 1. The first-order valence-electron chi connectivity index (χ1n) is 12.1. The van der Waals surface area contributed by atoms with Crippen LogP contribution in [0.4, 0.5) is 9.52 Å². The molecule has 0 N–H and O–H groups in total. The minimum absolute atomic E-state index is 0.262. The van der Waals surface area contributed by atoms with Crippen LogP contribution in [0.1, 0.15) is 45.0 Å². The van der Waals surface area contributed by atoms with Gasteiger partial charge in [-0.05, 0) is 58.1 Å². The van der Waals surface area contributed by atoms with Crippen LogP contribution in [0.25, 0.3) is 10.2 Å². The van der Waals surface area contributed by atoms with E-state index in [4.69, 9.17) is 14.2 Å². The van der Waals surface area contributed by atoms with E-state index in [2.05, 4.69) is 23.7 Å². The summed E-state index contributed by atoms with van der Waals surface area (Å²) in [5.41, 5.74) is 0.657. The van der Waals surface area contributed by atoms with Gasteiger partial charge in [0.15, 0.2) is 16.6 Å². The van der Waals surface area contributed by atoms with Crippen molar-refractivity contribution in [3.8, 4) is 17.2 Å². The molecule has 3 aromatic rings. The highest BCUT2D eigenvalue weighted by molar-refractivity contribution is 7.22. The Labute approximate surface area is 210 Å². The third kappa shape index (κ3) is 6.21. The fraction of sp³-hybridized carbons (Fsp3) is 0.462. The molecule has 0 saturated carbocycles. The topological polar surface area (TPSA) is 64.1 Å². The van der Waals surface area contributed by atoms with Gasteiger partial charge in [0.1, 0.15) is 11.3 Å². The molecule has 0 aliphatic carbocycles. The molecule has 35 heavy (non-hydrogen) atoms. The predicted molar refractivity (Wildman–Crippen MR) is 139 cm³/mol. The molecule has 1 amide bonds. The van der Waals surface area contributed by atoms with Crippen LogP contribution >= 0.6 is 11.3 Å². The summed E-state index contributed by atoms with van der Waals surface area (Å²) in [7, 11) is 0. The number of ether oxygens (including phenoxy) is 3. The average Bonchev–Trinajstić information content (AvgIpc) is 3.29. The van der Waals surface area contributed by atoms with Crippen molar-refractivity contribution >= 4 is 32.6 Å². The zero-order valence-electron chi connectivity index (χ0n) is 21.1. The molecule has 3 rings (SSSR count). The van der Waals surface area contributed by atoms with Crippen molar-refractivity contribution in [2.24, 2.45) is 0 Å². The Kier molecular flexibility index (Phi) is 9.68. The van der Waals surface area contributed by atoms with Gasteiger partial charge in [-0.25, -0.2) is 9.37 Å². The molecule has 0 radical (unpaired) electrons. The molecule has 9 heteroatoms. The molecular weight excluding hydrogens is 469 g/mol. The SMILES string of the molecule is CCOc1cc(C(=O)N(CCN(CC)CC)c2nc3c(F)cccc3s2)cc(OCC)c1OCC. The number of rotatable bonds is 13. The normalized spacial score (nSPS) is 11.2. The number of halogens is 1. The number of para-hydroxylation sites is 1. The van der Waals surface area contributed by atoms with Crippen molar-refractivity contribution in [2.75, 3.05) is 50.9 Å². The molecule has 0 bridgehead atoms. The van der Waals surface area contributed by atoms with Crippen LogP contribution < -0.4 is 19.1 Å². The number of thiazole rings is 1. The maximum Gasteiger partial charge on any atom is 0.260 e. The number of carbonyl (C=O) groups is 1. The van der Waals surface area contributed by atoms with Crippen molar-refractivity contribution in [3.63, 3.8) is 0 Å². The number of amides is 1. The van der Waals surface area contributed by atoms with Gasteiger partial charge >= 0.3 is 0 Å². The molecular formula is C26H34FN3O4S. The lowest BCUT2D eigenvalue weighted by Gasteiger charge is -2.25. The Morgan fingerprint density at radius 2 is 1.57 bits per heavy atom. The fourth-order valence-corrected chi connectivity index (χ4v) is 4.76. The van der Waals surface area contributed by atoms with Crippen molar-refractivity contribution in [1.29, 1.82) is 0 Å². The summed E-state index contributed by atoms with van der Waals surface area (Å²) in [5.74, 6) is 0.705. The van der Waals surface area contributed by atoms with Gasteiger partial charge in [-0.15, -0.1) is 0 Å². The molecule has 2 aromatic carbocycles. The molecule has 7 nitrogen and oxygen atoms in total. The van der Waals surface area contributed by atoms with Crippen LogP contribution in [0.15, 0.2) is 30.3 Å². The summed E-state index contributed by atoms with van der Waals surface area (Å²) in [6, 6.07) is 8.19. The molecule has 0 aliphatic heterocycles. The predicted octanol–water partition coefficient (Wildman–Crippen LogP) is 5.62. The third-order valence-corrected chi connectivity index (χ3v) is 6.57. The molecule has 0 spiro atoms. The van der Waals surface area contributed by atoms with E-state index in [9.17, 15) is 9.18 Å². The number of benzene rings is 2. The van der Waals surface area contributed by atoms with Gasteiger partial charge < -0.3 is 19.1 Å². The molecule has 0 unspecified atom stereocenters. The lowest BCUT2D eigenvalue weighted by atomic mass is 10.1. The molecule has 0 atom stereocenters. The van der Waals surface area contributed by atoms with Crippen molar-refractivity contribution in [2.45, 2.75) is 34.6 Å². The maximum absolute atomic E-state index is 14.4. The molecule has 0 aliphatic rings. The third-order valence-electron chi connectivity index (χ3n) is 5.52. The van der Waals surface area contributed by atoms with E-state index in [1.807, 2.05) is 26.8 Å². The average molecular weight is 504 g/mol. The molecule has 0 saturated heterocycles. The zero-order valence-corrected chi connectivity index (χ0v) is 21.9. The summed E-state index contributed by atoms with van der Waals surface area (Å²) in [6.07, 6.45) is 0. The second-order valence-corrected chi connectivity index (χ2v) is 8.68. The van der Waals surface area contributed by atoms with Gasteiger partial charge in [-0.2, -0.15) is 0 Å². The molecule has 0 fully saturated rings. The first-order chi connectivity index (χ1) is 17.0. The van der Waals surface area contributed by atoms with Crippen LogP contribution in [0, 0.1) is 5.82 Å². The quantitative estimate of drug-likeness (QED) is 0.302. The van der Waals surface area contributed by atoms with E-state index in [1.165, 1.54) is 17.4 Å². The van der Waals surface area contributed by atoms with E-state index in [1.54, 1.807) is 23.1 Å². The van der Waals surface area contributed by atoms with E-state index < -0.39 is 5.82 Å². The van der Waals surface area contributed by atoms with Crippen molar-refractivity contribution in [1.82, 2.24) is 9.88 Å². The minimum Gasteiger partial charge on any atom is -0.490 e. The second-order valence-electron chi connectivity index (χ2n) is 7.67. The standard InChI is InChI=1S/C26H34FN3O4S/c1-6-29(7-2)14-15-30(26-28-23-19(27)12-11-13-22(23)35-26)25(31)18-16-20(32-8-3)24(34-10-5)21(17-18)33-9-4/h11-13,16-17H,6-10,14-15H2,1-5H3. The van der Waals surface area contributed by atoms with Crippen LogP contribution in [0.3, 0.4) is 0 Å². The van der Waals surface area contributed by atoms with Gasteiger partial charge in [0, 0.05) is 18.7 Å². The largest absolute Gasteiger partial charge is 0.490 e. The van der Waals surface area contributed by atoms with Crippen molar-refractivity contribution in [3.05, 3.63) is 41.7 Å². The highest BCUT2D eigenvalue weighted by Crippen LogP contribution is 2.40. The van der Waals surface area contributed by atoms with Crippen LogP contribution in [0.5, 0.6) is 17.2 Å². The van der Waals surface area contributed by atoms with Crippen LogP contribution in [-0.2, 0) is 0 Å². The minimum atomic E-state index is -0.403. The van der Waals surface area contributed by atoms with Crippen LogP contribution in [0.2, 0.25) is 0 Å². The number of nitrogens with zero attached hydrogens (tertiary/aromatic N) is 3. The molecule has 190 valence electrons.